The van der Waals surface area contributed by atoms with Gasteiger partial charge in [-0.2, -0.15) is 5.10 Å². The quantitative estimate of drug-likeness (QED) is 0.821. The number of carbonyl (C=O) groups excluding carboxylic acids is 2. The second-order valence-electron chi connectivity index (χ2n) is 8.93. The number of rotatable bonds is 4. The van der Waals surface area contributed by atoms with E-state index in [0.717, 1.165) is 41.9 Å². The summed E-state index contributed by atoms with van der Waals surface area (Å²) in [5.41, 5.74) is 3.61. The molecule has 2 aliphatic heterocycles. The van der Waals surface area contributed by atoms with Crippen LogP contribution in [0, 0.1) is 13.8 Å². The first kappa shape index (κ1) is 21.6. The van der Waals surface area contributed by atoms with E-state index in [1.807, 2.05) is 58.7 Å². The van der Waals surface area contributed by atoms with Gasteiger partial charge in [-0.15, -0.1) is 0 Å². The molecule has 2 fully saturated rings. The molecule has 2 aromatic rings. The fourth-order valence-corrected chi connectivity index (χ4v) is 5.24. The van der Waals surface area contributed by atoms with Crippen LogP contribution in [0.4, 0.5) is 0 Å². The molecule has 0 aliphatic carbocycles. The van der Waals surface area contributed by atoms with Crippen molar-refractivity contribution in [3.8, 4) is 5.69 Å². The average Bonchev–Trinajstić information content (AvgIpc) is 3.03. The van der Waals surface area contributed by atoms with E-state index in [-0.39, 0.29) is 30.4 Å². The highest BCUT2D eigenvalue weighted by atomic mass is 16.2. The van der Waals surface area contributed by atoms with Crippen LogP contribution in [0.15, 0.2) is 30.3 Å². The summed E-state index contributed by atoms with van der Waals surface area (Å²) in [7, 11) is 0. The van der Waals surface area contributed by atoms with Crippen molar-refractivity contribution in [2.75, 3.05) is 19.6 Å². The number of aryl methyl sites for hydroxylation is 1. The molecule has 166 valence electrons. The Bertz CT molecular complexity index is 944. The van der Waals surface area contributed by atoms with Crippen LogP contribution >= 0.6 is 0 Å². The highest BCUT2D eigenvalue weighted by Gasteiger charge is 2.38. The molecule has 1 N–H and O–H groups in total. The number of hydrogen-bond donors (Lipinski definition) is 1. The molecule has 0 spiro atoms. The number of para-hydroxylation sites is 1. The van der Waals surface area contributed by atoms with Crippen LogP contribution < -0.4 is 5.32 Å². The van der Waals surface area contributed by atoms with Gasteiger partial charge in [0, 0.05) is 36.4 Å². The summed E-state index contributed by atoms with van der Waals surface area (Å²) in [6.07, 6.45) is 3.25. The number of aromatic nitrogens is 2. The maximum absolute atomic E-state index is 13.3. The second kappa shape index (κ2) is 8.83. The predicted octanol–water partition coefficient (Wildman–Crippen LogP) is 2.75. The first-order valence-corrected chi connectivity index (χ1v) is 11.3. The van der Waals surface area contributed by atoms with E-state index < -0.39 is 6.04 Å². The van der Waals surface area contributed by atoms with Gasteiger partial charge in [0.15, 0.2) is 0 Å². The number of benzene rings is 1. The number of amides is 2. The molecular weight excluding hydrogens is 390 g/mol. The van der Waals surface area contributed by atoms with Gasteiger partial charge in [0.2, 0.25) is 11.8 Å². The van der Waals surface area contributed by atoms with Crippen LogP contribution in [-0.2, 0) is 9.59 Å². The largest absolute Gasteiger partial charge is 0.353 e. The fourth-order valence-electron chi connectivity index (χ4n) is 5.24. The zero-order chi connectivity index (χ0) is 22.1. The molecule has 3 atom stereocenters. The van der Waals surface area contributed by atoms with Gasteiger partial charge in [0.1, 0.15) is 6.04 Å². The van der Waals surface area contributed by atoms with Crippen molar-refractivity contribution < 1.29 is 9.59 Å². The van der Waals surface area contributed by atoms with Crippen molar-refractivity contribution >= 4 is 11.8 Å². The summed E-state index contributed by atoms with van der Waals surface area (Å²) in [6, 6.07) is 9.92. The van der Waals surface area contributed by atoms with Gasteiger partial charge in [0.25, 0.3) is 0 Å². The molecule has 0 radical (unpaired) electrons. The van der Waals surface area contributed by atoms with Crippen LogP contribution in [0.1, 0.15) is 56.1 Å². The summed E-state index contributed by atoms with van der Waals surface area (Å²) in [4.78, 5) is 30.4. The number of nitrogens with zero attached hydrogens (tertiary/aromatic N) is 4. The van der Waals surface area contributed by atoms with Crippen LogP contribution in [-0.4, -0.2) is 63.1 Å². The number of piperidine rings is 1. The van der Waals surface area contributed by atoms with Crippen molar-refractivity contribution in [2.24, 2.45) is 0 Å². The molecule has 3 heterocycles. The van der Waals surface area contributed by atoms with Gasteiger partial charge in [-0.1, -0.05) is 18.2 Å². The van der Waals surface area contributed by atoms with Gasteiger partial charge in [0.05, 0.1) is 17.9 Å². The van der Waals surface area contributed by atoms with E-state index >= 15 is 0 Å². The molecule has 0 bridgehead atoms. The predicted molar refractivity (Wildman–Crippen MR) is 120 cm³/mol. The first-order chi connectivity index (χ1) is 14.9. The van der Waals surface area contributed by atoms with Crippen LogP contribution in [0.5, 0.6) is 0 Å². The SMILES string of the molecule is Cc1nn(-c2ccccc2)c(C)c1C1C(=O)NCCN1CC(=O)N1C(C)CCCC1C. The monoisotopic (exact) mass is 423 g/mol. The highest BCUT2D eigenvalue weighted by molar-refractivity contribution is 5.86. The lowest BCUT2D eigenvalue weighted by molar-refractivity contribution is -0.141. The van der Waals surface area contributed by atoms with Gasteiger partial charge in [-0.05, 0) is 59.1 Å². The molecule has 2 amide bonds. The summed E-state index contributed by atoms with van der Waals surface area (Å²) >= 11 is 0. The third-order valence-electron chi connectivity index (χ3n) is 6.75. The number of nitrogens with one attached hydrogen (secondary N) is 1. The Kier molecular flexibility index (Phi) is 6.14. The second-order valence-corrected chi connectivity index (χ2v) is 8.93. The molecule has 31 heavy (non-hydrogen) atoms. The zero-order valence-corrected chi connectivity index (χ0v) is 19.0. The third kappa shape index (κ3) is 4.11. The normalized spacial score (nSPS) is 24.8. The number of piperazine rings is 1. The van der Waals surface area contributed by atoms with Gasteiger partial charge in [-0.25, -0.2) is 4.68 Å². The number of hydrogen-bond acceptors (Lipinski definition) is 4. The van der Waals surface area contributed by atoms with Crippen molar-refractivity contribution in [1.29, 1.82) is 0 Å². The Morgan fingerprint density at radius 2 is 1.81 bits per heavy atom. The Balaban J connectivity index is 1.64. The van der Waals surface area contributed by atoms with Crippen molar-refractivity contribution in [1.82, 2.24) is 24.9 Å². The number of carbonyl (C=O) groups is 2. The molecular formula is C24H33N5O2. The van der Waals surface area contributed by atoms with Crippen LogP contribution in [0.3, 0.4) is 0 Å². The molecule has 4 rings (SSSR count). The van der Waals surface area contributed by atoms with E-state index in [4.69, 9.17) is 5.10 Å². The summed E-state index contributed by atoms with van der Waals surface area (Å²) < 4.78 is 1.89. The van der Waals surface area contributed by atoms with E-state index in [9.17, 15) is 9.59 Å². The Labute approximate surface area is 184 Å². The molecule has 0 saturated carbocycles. The van der Waals surface area contributed by atoms with Crippen LogP contribution in [0.2, 0.25) is 0 Å². The summed E-state index contributed by atoms with van der Waals surface area (Å²) in [5, 5.41) is 7.72. The lowest BCUT2D eigenvalue weighted by Crippen LogP contribution is -2.56. The fraction of sp³-hybridized carbons (Fsp3) is 0.542. The van der Waals surface area contributed by atoms with Crippen LogP contribution in [0.25, 0.3) is 5.69 Å². The topological polar surface area (TPSA) is 70.5 Å². The smallest absolute Gasteiger partial charge is 0.242 e. The van der Waals surface area contributed by atoms with Crippen molar-refractivity contribution in [3.63, 3.8) is 0 Å². The lowest BCUT2D eigenvalue weighted by atomic mass is 9.96. The summed E-state index contributed by atoms with van der Waals surface area (Å²) in [6.45, 7) is 9.66. The van der Waals surface area contributed by atoms with E-state index in [0.29, 0.717) is 13.1 Å². The van der Waals surface area contributed by atoms with Gasteiger partial charge >= 0.3 is 0 Å². The van der Waals surface area contributed by atoms with Crippen molar-refractivity contribution in [3.05, 3.63) is 47.3 Å². The number of likely N-dealkylation sites (tertiary alicyclic amines) is 1. The third-order valence-corrected chi connectivity index (χ3v) is 6.75. The standard InChI is InChI=1S/C24H33N5O2/c1-16-9-8-10-17(2)28(16)21(30)15-27-14-13-25-24(31)23(27)22-18(3)26-29(19(22)4)20-11-6-5-7-12-20/h5-7,11-12,16-17,23H,8-10,13-15H2,1-4H3,(H,25,31). The maximum atomic E-state index is 13.3. The minimum atomic E-state index is -0.509. The average molecular weight is 424 g/mol. The van der Waals surface area contributed by atoms with Gasteiger partial charge in [-0.3, -0.25) is 14.5 Å². The van der Waals surface area contributed by atoms with E-state index in [1.54, 1.807) is 0 Å². The molecule has 2 aliphatic rings. The Morgan fingerprint density at radius 3 is 2.48 bits per heavy atom. The highest BCUT2D eigenvalue weighted by Crippen LogP contribution is 2.31. The molecule has 2 saturated heterocycles. The lowest BCUT2D eigenvalue weighted by Gasteiger charge is -2.42. The Morgan fingerprint density at radius 1 is 1.13 bits per heavy atom. The zero-order valence-electron chi connectivity index (χ0n) is 19.0. The van der Waals surface area contributed by atoms with Gasteiger partial charge < -0.3 is 10.2 Å². The van der Waals surface area contributed by atoms with E-state index in [2.05, 4.69) is 19.2 Å². The molecule has 3 unspecified atom stereocenters. The molecule has 1 aromatic carbocycles. The Hall–Kier alpha value is -2.67. The minimum Gasteiger partial charge on any atom is -0.353 e. The first-order valence-electron chi connectivity index (χ1n) is 11.3. The molecule has 7 heteroatoms. The maximum Gasteiger partial charge on any atom is 0.242 e. The summed E-state index contributed by atoms with van der Waals surface area (Å²) in [5.74, 6) is 0.0581. The molecule has 1 aromatic heterocycles. The van der Waals surface area contributed by atoms with Crippen molar-refractivity contribution in [2.45, 2.75) is 65.1 Å². The molecule has 7 nitrogen and oxygen atoms in total. The minimum absolute atomic E-state index is 0.0578. The van der Waals surface area contributed by atoms with E-state index in [1.165, 1.54) is 0 Å².